The standard InChI is InChI=1S/C29H30N4O8S/c1-10-4-13-5-15-16(6-30)33-17-7-38-29(37)14(31)8-42-28(22(33)21(32-15)18(13)24(36)23(10)35)20-19(17)27-26(39-9-40-27)11(2)25(20)41-12(3)34/h4,14-17,21-22,28,32,35-36H,5,7-9,31H2,1-3H3/t14-,15+,16-,17-,21-,22?,28+/m0/s1. The summed E-state index contributed by atoms with van der Waals surface area (Å²) in [7, 11) is 0. The van der Waals surface area contributed by atoms with Gasteiger partial charge in [0.15, 0.2) is 23.0 Å². The third-order valence-electron chi connectivity index (χ3n) is 9.00. The van der Waals surface area contributed by atoms with E-state index in [2.05, 4.69) is 11.4 Å². The predicted molar refractivity (Wildman–Crippen MR) is 148 cm³/mol. The van der Waals surface area contributed by atoms with E-state index in [4.69, 9.17) is 24.7 Å². The molecule has 5 heterocycles. The van der Waals surface area contributed by atoms with Crippen molar-refractivity contribution in [3.8, 4) is 34.8 Å². The molecule has 1 fully saturated rings. The van der Waals surface area contributed by atoms with Crippen LogP contribution in [0, 0.1) is 25.2 Å². The molecule has 1 saturated heterocycles. The lowest BCUT2D eigenvalue weighted by Crippen LogP contribution is -2.69. The van der Waals surface area contributed by atoms with E-state index in [1.54, 1.807) is 13.8 Å². The van der Waals surface area contributed by atoms with Crippen LogP contribution in [0.1, 0.15) is 57.6 Å². The van der Waals surface area contributed by atoms with E-state index in [0.29, 0.717) is 51.5 Å². The molecule has 42 heavy (non-hydrogen) atoms. The Morgan fingerprint density at radius 2 is 1.95 bits per heavy atom. The molecule has 4 bridgehead atoms. The number of cyclic esters (lactones) is 1. The molecule has 5 aliphatic heterocycles. The second-order valence-electron chi connectivity index (χ2n) is 11.4. The highest BCUT2D eigenvalue weighted by atomic mass is 32.2. The highest BCUT2D eigenvalue weighted by Crippen LogP contribution is 2.62. The van der Waals surface area contributed by atoms with Crippen molar-refractivity contribution in [1.29, 1.82) is 5.26 Å². The van der Waals surface area contributed by atoms with Crippen LogP contribution in [0.2, 0.25) is 0 Å². The number of thioether (sulfide) groups is 1. The Labute approximate surface area is 245 Å². The molecule has 0 aliphatic carbocycles. The number of benzene rings is 2. The molecule has 5 aliphatic rings. The zero-order valence-electron chi connectivity index (χ0n) is 23.2. The van der Waals surface area contributed by atoms with Crippen molar-refractivity contribution in [2.24, 2.45) is 5.73 Å². The average molecular weight is 595 g/mol. The Bertz CT molecular complexity index is 1590. The predicted octanol–water partition coefficient (Wildman–Crippen LogP) is 1.91. The van der Waals surface area contributed by atoms with Crippen LogP contribution >= 0.6 is 11.8 Å². The molecule has 2 aromatic rings. The largest absolute Gasteiger partial charge is 0.504 e. The molecule has 0 radical (unpaired) electrons. The summed E-state index contributed by atoms with van der Waals surface area (Å²) in [4.78, 5) is 27.4. The van der Waals surface area contributed by atoms with Gasteiger partial charge in [0.2, 0.25) is 6.79 Å². The van der Waals surface area contributed by atoms with E-state index in [0.717, 1.165) is 5.56 Å². The van der Waals surface area contributed by atoms with Crippen LogP contribution in [0.5, 0.6) is 28.7 Å². The zero-order valence-corrected chi connectivity index (χ0v) is 24.0. The number of hydrogen-bond acceptors (Lipinski definition) is 13. The molecule has 1 unspecified atom stereocenters. The van der Waals surface area contributed by atoms with Gasteiger partial charge >= 0.3 is 11.9 Å². The molecule has 0 saturated carbocycles. The van der Waals surface area contributed by atoms with Gasteiger partial charge in [-0.15, -0.1) is 11.8 Å². The van der Waals surface area contributed by atoms with Gasteiger partial charge in [-0.1, -0.05) is 6.07 Å². The number of esters is 2. The number of nitrogens with one attached hydrogen (secondary N) is 1. The smallest absolute Gasteiger partial charge is 0.323 e. The van der Waals surface area contributed by atoms with Crippen molar-refractivity contribution in [1.82, 2.24) is 10.2 Å². The number of ether oxygens (including phenoxy) is 4. The minimum absolute atomic E-state index is 0.0425. The van der Waals surface area contributed by atoms with E-state index in [-0.39, 0.29) is 36.7 Å². The van der Waals surface area contributed by atoms with E-state index < -0.39 is 47.4 Å². The minimum Gasteiger partial charge on any atom is -0.504 e. The summed E-state index contributed by atoms with van der Waals surface area (Å²) in [5.74, 6) is -0.0780. The summed E-state index contributed by atoms with van der Waals surface area (Å²) >= 11 is 1.39. The summed E-state index contributed by atoms with van der Waals surface area (Å²) in [6, 6.07) is 0.707. The molecule has 2 aromatic carbocycles. The summed E-state index contributed by atoms with van der Waals surface area (Å²) in [5, 5.41) is 35.8. The van der Waals surface area contributed by atoms with Crippen LogP contribution < -0.4 is 25.3 Å². The maximum Gasteiger partial charge on any atom is 0.323 e. The molecule has 0 aromatic heterocycles. The number of nitrogens with two attached hydrogens (primary N) is 1. The molecule has 220 valence electrons. The third-order valence-corrected chi connectivity index (χ3v) is 10.4. The van der Waals surface area contributed by atoms with Gasteiger partial charge in [0.1, 0.15) is 24.4 Å². The second kappa shape index (κ2) is 9.67. The molecule has 13 heteroatoms. The van der Waals surface area contributed by atoms with Gasteiger partial charge in [-0.25, -0.2) is 0 Å². The summed E-state index contributed by atoms with van der Waals surface area (Å²) < 4.78 is 23.5. The first-order valence-corrected chi connectivity index (χ1v) is 14.8. The molecule has 0 spiro atoms. The second-order valence-corrected chi connectivity index (χ2v) is 12.6. The van der Waals surface area contributed by atoms with Crippen molar-refractivity contribution in [3.63, 3.8) is 0 Å². The number of nitrogens with zero attached hydrogens (tertiary/aromatic N) is 2. The molecular weight excluding hydrogens is 564 g/mol. The van der Waals surface area contributed by atoms with Gasteiger partial charge in [-0.05, 0) is 31.4 Å². The highest BCUT2D eigenvalue weighted by Gasteiger charge is 2.58. The zero-order chi connectivity index (χ0) is 29.6. The molecule has 12 nitrogen and oxygen atoms in total. The number of fused-ring (bicyclic) bond motifs is 9. The minimum atomic E-state index is -0.909. The summed E-state index contributed by atoms with van der Waals surface area (Å²) in [6.45, 7) is 4.67. The van der Waals surface area contributed by atoms with Gasteiger partial charge in [0, 0.05) is 47.0 Å². The first-order valence-electron chi connectivity index (χ1n) is 13.8. The van der Waals surface area contributed by atoms with Gasteiger partial charge in [0.05, 0.1) is 23.4 Å². The maximum absolute atomic E-state index is 12.9. The van der Waals surface area contributed by atoms with E-state index >= 15 is 0 Å². The SMILES string of the molecule is CC(=O)Oc1c(C)c2c(c3c1[C@H]1SC[C@H](N)C(=O)OC[C@@H]3N3C1[C@H]1N[C@H](Cc4cc(C)c(O)c(O)c41)[C@@H]3C#N)OCO2. The fourth-order valence-corrected chi connectivity index (χ4v) is 8.78. The van der Waals surface area contributed by atoms with Gasteiger partial charge < -0.3 is 40.2 Å². The van der Waals surface area contributed by atoms with Crippen molar-refractivity contribution < 1.29 is 38.7 Å². The Morgan fingerprint density at radius 1 is 1.19 bits per heavy atom. The highest BCUT2D eigenvalue weighted by molar-refractivity contribution is 7.99. The van der Waals surface area contributed by atoms with Crippen LogP contribution in [0.4, 0.5) is 0 Å². The van der Waals surface area contributed by atoms with Crippen LogP contribution in [0.15, 0.2) is 6.07 Å². The quantitative estimate of drug-likeness (QED) is 0.214. The number of phenols is 2. The van der Waals surface area contributed by atoms with Crippen molar-refractivity contribution >= 4 is 23.7 Å². The number of rotatable bonds is 1. The summed E-state index contributed by atoms with van der Waals surface area (Å²) in [6.07, 6.45) is 0.439. The van der Waals surface area contributed by atoms with Crippen LogP contribution in [0.25, 0.3) is 0 Å². The number of phenolic OH excluding ortho intramolecular Hbond substituents is 2. The molecular formula is C29H30N4O8S. The molecule has 0 amide bonds. The van der Waals surface area contributed by atoms with E-state index in [1.807, 2.05) is 11.0 Å². The van der Waals surface area contributed by atoms with E-state index in [1.165, 1.54) is 18.7 Å². The number of aryl methyl sites for hydroxylation is 1. The van der Waals surface area contributed by atoms with Crippen molar-refractivity contribution in [2.75, 3.05) is 19.2 Å². The van der Waals surface area contributed by atoms with Crippen molar-refractivity contribution in [3.05, 3.63) is 39.4 Å². The Hall–Kier alpha value is -3.70. The molecule has 7 atom stereocenters. The Balaban J connectivity index is 1.54. The van der Waals surface area contributed by atoms with E-state index in [9.17, 15) is 25.1 Å². The third kappa shape index (κ3) is 3.72. The number of nitriles is 1. The van der Waals surface area contributed by atoms with Crippen LogP contribution in [0.3, 0.4) is 0 Å². The van der Waals surface area contributed by atoms with Gasteiger partial charge in [-0.2, -0.15) is 5.26 Å². The van der Waals surface area contributed by atoms with Crippen LogP contribution in [-0.2, 0) is 20.7 Å². The lowest BCUT2D eigenvalue weighted by Gasteiger charge is -2.58. The molecule has 7 rings (SSSR count). The Morgan fingerprint density at radius 3 is 2.69 bits per heavy atom. The first-order chi connectivity index (χ1) is 20.1. The maximum atomic E-state index is 12.9. The average Bonchev–Trinajstić information content (AvgIpc) is 3.45. The number of carbonyl (C=O) groups excluding carboxylic acids is 2. The number of carbonyl (C=O) groups is 2. The summed E-state index contributed by atoms with van der Waals surface area (Å²) in [5.41, 5.74) is 10.1. The monoisotopic (exact) mass is 594 g/mol. The lowest BCUT2D eigenvalue weighted by atomic mass is 9.72. The van der Waals surface area contributed by atoms with Gasteiger partial charge in [0.25, 0.3) is 0 Å². The lowest BCUT2D eigenvalue weighted by molar-refractivity contribution is -0.148. The normalized spacial score (nSPS) is 30.8. The van der Waals surface area contributed by atoms with Crippen LogP contribution in [-0.4, -0.2) is 70.4 Å². The number of aromatic hydroxyl groups is 2. The number of hydrogen-bond donors (Lipinski definition) is 4. The van der Waals surface area contributed by atoms with Crippen molar-refractivity contribution in [2.45, 2.75) is 68.7 Å². The first kappa shape index (κ1) is 27.2. The van der Waals surface area contributed by atoms with Gasteiger partial charge in [-0.3, -0.25) is 14.5 Å². The number of piperazine rings is 1. The molecule has 5 N–H and O–H groups in total. The fourth-order valence-electron chi connectivity index (χ4n) is 7.34. The fraction of sp³-hybridized carbons (Fsp3) is 0.483. The Kier molecular flexibility index (Phi) is 6.25. The topological polar surface area (TPSA) is 177 Å².